The van der Waals surface area contributed by atoms with Gasteiger partial charge in [-0.3, -0.25) is 4.98 Å². The molecular formula is C8H3ClFNO3. The lowest BCUT2D eigenvalue weighted by Gasteiger charge is -1.98. The third kappa shape index (κ3) is 1.22. The molecule has 14 heavy (non-hydrogen) atoms. The van der Waals surface area contributed by atoms with Gasteiger partial charge in [0.2, 0.25) is 0 Å². The maximum Gasteiger partial charge on any atom is 0.419 e. The molecule has 0 unspecified atom stereocenters. The minimum Gasteiger partial charge on any atom is -0.372 e. The van der Waals surface area contributed by atoms with Crippen LogP contribution in [0.25, 0.3) is 10.9 Å². The summed E-state index contributed by atoms with van der Waals surface area (Å²) >= 11 is 5.66. The van der Waals surface area contributed by atoms with E-state index in [1.54, 1.807) is 0 Å². The van der Waals surface area contributed by atoms with Crippen molar-refractivity contribution in [1.82, 2.24) is 4.98 Å². The van der Waals surface area contributed by atoms with Gasteiger partial charge in [0.1, 0.15) is 11.2 Å². The Balaban J connectivity index is 3.16. The first-order valence-corrected chi connectivity index (χ1v) is 3.98. The van der Waals surface area contributed by atoms with Gasteiger partial charge >= 0.3 is 11.4 Å². The number of aromatic nitrogens is 1. The third-order valence-electron chi connectivity index (χ3n) is 1.72. The summed E-state index contributed by atoms with van der Waals surface area (Å²) in [5.41, 5.74) is -1.09. The fourth-order valence-corrected chi connectivity index (χ4v) is 1.34. The minimum atomic E-state index is -1.04. The molecule has 1 aromatic carbocycles. The van der Waals surface area contributed by atoms with Crippen LogP contribution in [0.1, 0.15) is 0 Å². The molecule has 0 fully saturated rings. The molecule has 0 aliphatic carbocycles. The van der Waals surface area contributed by atoms with Crippen LogP contribution in [-0.2, 0) is 0 Å². The molecule has 72 valence electrons. The lowest BCUT2D eigenvalue weighted by molar-refractivity contribution is 0.457. The van der Waals surface area contributed by atoms with Gasteiger partial charge in [-0.2, -0.15) is 0 Å². The fourth-order valence-electron chi connectivity index (χ4n) is 1.14. The predicted molar refractivity (Wildman–Crippen MR) is 48.1 cm³/mol. The number of hydrogen-bond acceptors (Lipinski definition) is 3. The van der Waals surface area contributed by atoms with Crippen molar-refractivity contribution in [2.45, 2.75) is 0 Å². The molecule has 1 aromatic heterocycles. The van der Waals surface area contributed by atoms with E-state index in [0.29, 0.717) is 0 Å². The summed E-state index contributed by atoms with van der Waals surface area (Å²) in [6.45, 7) is 0. The highest BCUT2D eigenvalue weighted by Crippen LogP contribution is 2.19. The summed E-state index contributed by atoms with van der Waals surface area (Å²) in [5.74, 6) is -1.75. The van der Waals surface area contributed by atoms with E-state index in [0.717, 1.165) is 6.07 Å². The van der Waals surface area contributed by atoms with Gasteiger partial charge in [-0.15, -0.1) is 0 Å². The van der Waals surface area contributed by atoms with Crippen LogP contribution in [0.3, 0.4) is 0 Å². The molecule has 0 saturated carbocycles. The van der Waals surface area contributed by atoms with Crippen molar-refractivity contribution in [3.8, 4) is 0 Å². The van der Waals surface area contributed by atoms with Crippen LogP contribution in [-0.4, -0.2) is 4.98 Å². The predicted octanol–water partition coefficient (Wildman–Crippen LogP) is 1.27. The Hall–Kier alpha value is -1.62. The van der Waals surface area contributed by atoms with Gasteiger partial charge in [0.25, 0.3) is 0 Å². The monoisotopic (exact) mass is 215 g/mol. The summed E-state index contributed by atoms with van der Waals surface area (Å²) in [5, 5.41) is -0.261. The minimum absolute atomic E-state index is 0.0482. The number of halogens is 2. The van der Waals surface area contributed by atoms with Crippen LogP contribution in [0.5, 0.6) is 0 Å². The Bertz CT molecular complexity index is 616. The molecule has 0 saturated heterocycles. The first-order valence-electron chi connectivity index (χ1n) is 3.61. The number of aromatic amines is 1. The average Bonchev–Trinajstić information content (AvgIpc) is 2.10. The molecule has 2 aromatic rings. The van der Waals surface area contributed by atoms with Gasteiger partial charge in [0.15, 0.2) is 0 Å². The molecule has 0 atom stereocenters. The highest BCUT2D eigenvalue weighted by molar-refractivity contribution is 6.34. The SMILES string of the molecule is O=c1[nH]c2c(Cl)ccc(F)c2c(=O)o1. The molecule has 4 nitrogen and oxygen atoms in total. The van der Waals surface area contributed by atoms with Crippen molar-refractivity contribution in [2.24, 2.45) is 0 Å². The molecule has 1 heterocycles. The van der Waals surface area contributed by atoms with E-state index in [4.69, 9.17) is 11.6 Å². The molecule has 6 heteroatoms. The third-order valence-corrected chi connectivity index (χ3v) is 2.04. The van der Waals surface area contributed by atoms with Crippen molar-refractivity contribution in [3.63, 3.8) is 0 Å². The second kappa shape index (κ2) is 2.95. The first kappa shape index (κ1) is 8.96. The van der Waals surface area contributed by atoms with Crippen molar-refractivity contribution in [1.29, 1.82) is 0 Å². The second-order valence-electron chi connectivity index (χ2n) is 2.58. The van der Waals surface area contributed by atoms with Crippen LogP contribution >= 0.6 is 11.6 Å². The second-order valence-corrected chi connectivity index (χ2v) is 2.99. The number of hydrogen-bond donors (Lipinski definition) is 1. The molecular weight excluding hydrogens is 213 g/mol. The smallest absolute Gasteiger partial charge is 0.372 e. The zero-order valence-corrected chi connectivity index (χ0v) is 7.39. The molecule has 0 amide bonds. The van der Waals surface area contributed by atoms with E-state index in [9.17, 15) is 14.0 Å². The van der Waals surface area contributed by atoms with Crippen LogP contribution in [0.15, 0.2) is 26.1 Å². The Kier molecular flexibility index (Phi) is 1.89. The average molecular weight is 216 g/mol. The van der Waals surface area contributed by atoms with Crippen molar-refractivity contribution < 1.29 is 8.81 Å². The Labute approximate surface area is 80.9 Å². The number of rotatable bonds is 0. The summed E-state index contributed by atoms with van der Waals surface area (Å²) in [4.78, 5) is 24.0. The number of nitrogens with one attached hydrogen (secondary N) is 1. The summed E-state index contributed by atoms with van der Waals surface area (Å²) in [7, 11) is 0. The van der Waals surface area contributed by atoms with Crippen molar-refractivity contribution in [3.05, 3.63) is 43.9 Å². The number of benzene rings is 1. The van der Waals surface area contributed by atoms with Gasteiger partial charge in [-0.1, -0.05) is 11.6 Å². The van der Waals surface area contributed by atoms with Gasteiger partial charge in [0.05, 0.1) is 10.5 Å². The van der Waals surface area contributed by atoms with Gasteiger partial charge in [0, 0.05) is 0 Å². The zero-order valence-electron chi connectivity index (χ0n) is 6.64. The molecule has 0 spiro atoms. The molecule has 2 rings (SSSR count). The number of H-pyrrole nitrogens is 1. The molecule has 0 aliphatic heterocycles. The normalized spacial score (nSPS) is 10.7. The summed E-state index contributed by atoms with van der Waals surface area (Å²) < 4.78 is 17.3. The summed E-state index contributed by atoms with van der Waals surface area (Å²) in [6.07, 6.45) is 0. The van der Waals surface area contributed by atoms with Crippen LogP contribution < -0.4 is 11.4 Å². The lowest BCUT2D eigenvalue weighted by atomic mass is 10.2. The Morgan fingerprint density at radius 2 is 2.07 bits per heavy atom. The molecule has 0 aliphatic rings. The zero-order chi connectivity index (χ0) is 10.3. The van der Waals surface area contributed by atoms with E-state index in [1.807, 2.05) is 0 Å². The highest BCUT2D eigenvalue weighted by Gasteiger charge is 2.10. The van der Waals surface area contributed by atoms with E-state index in [2.05, 4.69) is 9.40 Å². The summed E-state index contributed by atoms with van der Waals surface area (Å²) in [6, 6.07) is 2.27. The van der Waals surface area contributed by atoms with E-state index < -0.39 is 17.2 Å². The maximum atomic E-state index is 13.1. The highest BCUT2D eigenvalue weighted by atomic mass is 35.5. The standard InChI is InChI=1S/C8H3ClFNO3/c9-3-1-2-4(10)5-6(3)11-8(13)14-7(5)12/h1-2H,(H,11,13). The van der Waals surface area contributed by atoms with Crippen molar-refractivity contribution in [2.75, 3.05) is 0 Å². The van der Waals surface area contributed by atoms with Crippen LogP contribution in [0, 0.1) is 5.82 Å². The first-order chi connectivity index (χ1) is 6.59. The quantitative estimate of drug-likeness (QED) is 0.720. The maximum absolute atomic E-state index is 13.1. The topological polar surface area (TPSA) is 63.1 Å². The van der Waals surface area contributed by atoms with Gasteiger partial charge in [-0.05, 0) is 12.1 Å². The van der Waals surface area contributed by atoms with Crippen LogP contribution in [0.2, 0.25) is 5.02 Å². The van der Waals surface area contributed by atoms with E-state index in [-0.39, 0.29) is 15.9 Å². The molecule has 1 N–H and O–H groups in total. The Morgan fingerprint density at radius 1 is 1.36 bits per heavy atom. The number of fused-ring (bicyclic) bond motifs is 1. The Morgan fingerprint density at radius 3 is 2.79 bits per heavy atom. The van der Waals surface area contributed by atoms with Gasteiger partial charge in [-0.25, -0.2) is 14.0 Å². The lowest BCUT2D eigenvalue weighted by Crippen LogP contribution is -2.15. The van der Waals surface area contributed by atoms with Gasteiger partial charge < -0.3 is 4.42 Å². The van der Waals surface area contributed by atoms with E-state index >= 15 is 0 Å². The largest absolute Gasteiger partial charge is 0.419 e. The fraction of sp³-hybridized carbons (Fsp3) is 0. The molecule has 0 bridgehead atoms. The van der Waals surface area contributed by atoms with Crippen molar-refractivity contribution >= 4 is 22.5 Å². The van der Waals surface area contributed by atoms with Crippen LogP contribution in [0.4, 0.5) is 4.39 Å². The van der Waals surface area contributed by atoms with E-state index in [1.165, 1.54) is 6.07 Å². The molecule has 0 radical (unpaired) electrons.